The van der Waals surface area contributed by atoms with Crippen LogP contribution in [0.1, 0.15) is 33.3 Å². The molecule has 0 bridgehead atoms. The van der Waals surface area contributed by atoms with Crippen LogP contribution < -0.4 is 5.32 Å². The molecule has 5 heteroatoms. The van der Waals surface area contributed by atoms with Gasteiger partial charge in [-0.2, -0.15) is 0 Å². The maximum atomic E-state index is 12.3. The van der Waals surface area contributed by atoms with E-state index < -0.39 is 0 Å². The third-order valence-electron chi connectivity index (χ3n) is 3.36. The number of imide groups is 1. The average Bonchev–Trinajstić information content (AvgIpc) is 2.74. The van der Waals surface area contributed by atoms with Crippen LogP contribution >= 0.6 is 0 Å². The summed E-state index contributed by atoms with van der Waals surface area (Å²) in [6.07, 6.45) is 0. The summed E-state index contributed by atoms with van der Waals surface area (Å²) in [7, 11) is 0. The van der Waals surface area contributed by atoms with E-state index in [0.717, 1.165) is 12.4 Å². The van der Waals surface area contributed by atoms with Crippen molar-refractivity contribution in [2.24, 2.45) is 0 Å². The van der Waals surface area contributed by atoms with Crippen molar-refractivity contribution < 1.29 is 9.59 Å². The molecule has 2 heterocycles. The van der Waals surface area contributed by atoms with Crippen molar-refractivity contribution in [1.82, 2.24) is 9.88 Å². The molecule has 2 amide bonds. The summed E-state index contributed by atoms with van der Waals surface area (Å²) in [5.41, 5.74) is 1.61. The molecule has 1 N–H and O–H groups in total. The van der Waals surface area contributed by atoms with Gasteiger partial charge in [0.1, 0.15) is 5.82 Å². The van der Waals surface area contributed by atoms with Crippen molar-refractivity contribution in [3.63, 3.8) is 0 Å². The molecule has 0 atom stereocenters. The molecule has 1 aromatic heterocycles. The van der Waals surface area contributed by atoms with E-state index >= 15 is 0 Å². The van der Waals surface area contributed by atoms with E-state index in [1.807, 2.05) is 25.1 Å². The number of amides is 2. The average molecular weight is 281 g/mol. The summed E-state index contributed by atoms with van der Waals surface area (Å²) in [5.74, 6) is 0.226. The van der Waals surface area contributed by atoms with Crippen LogP contribution in [-0.4, -0.2) is 28.2 Å². The maximum absolute atomic E-state index is 12.3. The smallest absolute Gasteiger partial charge is 0.261 e. The van der Waals surface area contributed by atoms with Gasteiger partial charge in [-0.15, -0.1) is 0 Å². The molecule has 2 aromatic rings. The van der Waals surface area contributed by atoms with Gasteiger partial charge in [0.05, 0.1) is 23.4 Å². The van der Waals surface area contributed by atoms with E-state index in [1.165, 1.54) is 4.90 Å². The quantitative estimate of drug-likeness (QED) is 0.874. The number of nitrogens with one attached hydrogen (secondary N) is 1. The summed E-state index contributed by atoms with van der Waals surface area (Å²) in [5, 5.41) is 3.11. The number of hydrogen-bond acceptors (Lipinski definition) is 4. The lowest BCUT2D eigenvalue weighted by molar-refractivity contribution is 0.0640. The Kier molecular flexibility index (Phi) is 3.39. The second-order valence-electron chi connectivity index (χ2n) is 4.79. The molecule has 0 radical (unpaired) electrons. The third-order valence-corrected chi connectivity index (χ3v) is 3.36. The number of anilines is 1. The van der Waals surface area contributed by atoms with Crippen molar-refractivity contribution >= 4 is 17.6 Å². The van der Waals surface area contributed by atoms with Crippen LogP contribution in [-0.2, 0) is 6.54 Å². The molecule has 0 saturated heterocycles. The number of rotatable bonds is 4. The Morgan fingerprint density at radius 1 is 1.00 bits per heavy atom. The monoisotopic (exact) mass is 281 g/mol. The lowest BCUT2D eigenvalue weighted by atomic mass is 10.1. The normalized spacial score (nSPS) is 13.5. The van der Waals surface area contributed by atoms with Crippen LogP contribution in [0.15, 0.2) is 42.5 Å². The molecule has 1 aliphatic rings. The molecule has 1 aromatic carbocycles. The molecular weight excluding hydrogens is 266 g/mol. The number of pyridine rings is 1. The predicted octanol–water partition coefficient (Wildman–Crippen LogP) is 2.31. The summed E-state index contributed by atoms with van der Waals surface area (Å²) >= 11 is 0. The Morgan fingerprint density at radius 2 is 1.67 bits per heavy atom. The highest BCUT2D eigenvalue weighted by molar-refractivity contribution is 6.21. The molecule has 0 aliphatic carbocycles. The van der Waals surface area contributed by atoms with Crippen molar-refractivity contribution in [2.75, 3.05) is 11.9 Å². The minimum Gasteiger partial charge on any atom is -0.370 e. The van der Waals surface area contributed by atoms with E-state index in [1.54, 1.807) is 24.3 Å². The van der Waals surface area contributed by atoms with Crippen LogP contribution in [0.4, 0.5) is 5.82 Å². The Morgan fingerprint density at radius 3 is 2.29 bits per heavy atom. The first-order valence-corrected chi connectivity index (χ1v) is 6.85. The van der Waals surface area contributed by atoms with Gasteiger partial charge in [0.15, 0.2) is 0 Å². The molecule has 5 nitrogen and oxygen atoms in total. The lowest BCUT2D eigenvalue weighted by Crippen LogP contribution is -2.29. The van der Waals surface area contributed by atoms with Gasteiger partial charge < -0.3 is 5.32 Å². The largest absolute Gasteiger partial charge is 0.370 e. The number of aromatic nitrogens is 1. The highest BCUT2D eigenvalue weighted by Gasteiger charge is 2.35. The molecule has 0 saturated carbocycles. The van der Waals surface area contributed by atoms with Crippen LogP contribution in [0.3, 0.4) is 0 Å². The maximum Gasteiger partial charge on any atom is 0.261 e. The summed E-state index contributed by atoms with van der Waals surface area (Å²) in [6, 6.07) is 12.4. The molecular formula is C16H15N3O2. The Balaban J connectivity index is 1.85. The van der Waals surface area contributed by atoms with Gasteiger partial charge in [0.25, 0.3) is 11.8 Å². The Labute approximate surface area is 122 Å². The van der Waals surface area contributed by atoms with E-state index in [9.17, 15) is 9.59 Å². The zero-order valence-corrected chi connectivity index (χ0v) is 11.7. The number of hydrogen-bond donors (Lipinski definition) is 1. The summed E-state index contributed by atoms with van der Waals surface area (Å²) < 4.78 is 0. The van der Waals surface area contributed by atoms with Crippen LogP contribution in [0.25, 0.3) is 0 Å². The highest BCUT2D eigenvalue weighted by atomic mass is 16.2. The zero-order valence-electron chi connectivity index (χ0n) is 11.7. The minimum atomic E-state index is -0.258. The first-order chi connectivity index (χ1) is 10.2. The van der Waals surface area contributed by atoms with Gasteiger partial charge in [-0.25, -0.2) is 4.98 Å². The molecule has 0 unspecified atom stereocenters. The first-order valence-electron chi connectivity index (χ1n) is 6.85. The lowest BCUT2D eigenvalue weighted by Gasteiger charge is -2.14. The molecule has 0 fully saturated rings. The first kappa shape index (κ1) is 13.3. The molecule has 106 valence electrons. The van der Waals surface area contributed by atoms with Crippen molar-refractivity contribution in [1.29, 1.82) is 0 Å². The van der Waals surface area contributed by atoms with Gasteiger partial charge in [-0.1, -0.05) is 18.2 Å². The van der Waals surface area contributed by atoms with E-state index in [2.05, 4.69) is 10.3 Å². The van der Waals surface area contributed by atoms with Crippen LogP contribution in [0.5, 0.6) is 0 Å². The molecule has 21 heavy (non-hydrogen) atoms. The van der Waals surface area contributed by atoms with Crippen molar-refractivity contribution in [3.05, 3.63) is 59.3 Å². The topological polar surface area (TPSA) is 62.3 Å². The fourth-order valence-corrected chi connectivity index (χ4v) is 2.39. The van der Waals surface area contributed by atoms with Crippen LogP contribution in [0, 0.1) is 0 Å². The standard InChI is InChI=1S/C16H15N3O2/c1-2-17-14-9-5-6-11(18-14)10-19-15(20)12-7-3-4-8-13(12)16(19)21/h3-9H,2,10H2,1H3,(H,17,18). The third kappa shape index (κ3) is 2.38. The number of fused-ring (bicyclic) bond motifs is 1. The van der Waals surface area contributed by atoms with Gasteiger partial charge in [-0.05, 0) is 31.2 Å². The zero-order chi connectivity index (χ0) is 14.8. The fourth-order valence-electron chi connectivity index (χ4n) is 2.39. The number of carbonyl (C=O) groups is 2. The Hall–Kier alpha value is -2.69. The fraction of sp³-hybridized carbons (Fsp3) is 0.188. The second-order valence-corrected chi connectivity index (χ2v) is 4.79. The highest BCUT2D eigenvalue weighted by Crippen LogP contribution is 2.24. The minimum absolute atomic E-state index is 0.186. The number of benzene rings is 1. The van der Waals surface area contributed by atoms with Crippen molar-refractivity contribution in [2.45, 2.75) is 13.5 Å². The predicted molar refractivity (Wildman–Crippen MR) is 79.0 cm³/mol. The SMILES string of the molecule is CCNc1cccc(CN2C(=O)c3ccccc3C2=O)n1. The number of nitrogens with zero attached hydrogens (tertiary/aromatic N) is 2. The molecule has 1 aliphatic heterocycles. The Bertz CT molecular complexity index is 677. The molecule has 0 spiro atoms. The second kappa shape index (κ2) is 5.36. The van der Waals surface area contributed by atoms with Gasteiger partial charge >= 0.3 is 0 Å². The van der Waals surface area contributed by atoms with E-state index in [-0.39, 0.29) is 18.4 Å². The summed E-state index contributed by atoms with van der Waals surface area (Å²) in [6.45, 7) is 2.94. The van der Waals surface area contributed by atoms with E-state index in [4.69, 9.17) is 0 Å². The van der Waals surface area contributed by atoms with E-state index in [0.29, 0.717) is 16.8 Å². The number of carbonyl (C=O) groups excluding carboxylic acids is 2. The summed E-state index contributed by atoms with van der Waals surface area (Å²) in [4.78, 5) is 30.2. The van der Waals surface area contributed by atoms with Gasteiger partial charge in [0, 0.05) is 6.54 Å². The molecule has 3 rings (SSSR count). The van der Waals surface area contributed by atoms with Gasteiger partial charge in [0.2, 0.25) is 0 Å². The van der Waals surface area contributed by atoms with Crippen molar-refractivity contribution in [3.8, 4) is 0 Å². The van der Waals surface area contributed by atoms with Gasteiger partial charge in [-0.3, -0.25) is 14.5 Å². The van der Waals surface area contributed by atoms with Crippen LogP contribution in [0.2, 0.25) is 0 Å².